The lowest BCUT2D eigenvalue weighted by molar-refractivity contribution is 0.165. The van der Waals surface area contributed by atoms with Crippen LogP contribution in [0, 0.1) is 11.3 Å². The zero-order chi connectivity index (χ0) is 6.20. The normalized spacial score (nSPS) is 22.9. The van der Waals surface area contributed by atoms with Gasteiger partial charge in [-0.05, 0) is 24.4 Å². The van der Waals surface area contributed by atoms with Crippen molar-refractivity contribution in [3.05, 3.63) is 0 Å². The summed E-state index contributed by atoms with van der Waals surface area (Å²) in [6.07, 6.45) is 0. The van der Waals surface area contributed by atoms with Gasteiger partial charge in [-0.3, -0.25) is 0 Å². The van der Waals surface area contributed by atoms with Crippen LogP contribution in [0.25, 0.3) is 0 Å². The van der Waals surface area contributed by atoms with E-state index in [0.29, 0.717) is 5.41 Å². The number of hydrogen-bond acceptors (Lipinski definition) is 1. The number of rotatable bonds is 0. The SMILES string of the molecule is CC(C)(C)C1CNC1. The van der Waals surface area contributed by atoms with Crippen molar-refractivity contribution >= 4 is 0 Å². The van der Waals surface area contributed by atoms with Gasteiger partial charge in [-0.1, -0.05) is 20.8 Å². The van der Waals surface area contributed by atoms with E-state index >= 15 is 0 Å². The highest BCUT2D eigenvalue weighted by molar-refractivity contribution is 4.84. The van der Waals surface area contributed by atoms with Gasteiger partial charge in [0.25, 0.3) is 0 Å². The maximum absolute atomic E-state index is 3.27. The van der Waals surface area contributed by atoms with Crippen LogP contribution >= 0.6 is 0 Å². The molecule has 0 amide bonds. The monoisotopic (exact) mass is 113 g/mol. The van der Waals surface area contributed by atoms with Crippen molar-refractivity contribution in [1.82, 2.24) is 5.32 Å². The van der Waals surface area contributed by atoms with E-state index in [1.165, 1.54) is 13.1 Å². The first-order chi connectivity index (χ1) is 3.61. The Labute approximate surface area is 51.5 Å². The van der Waals surface area contributed by atoms with Gasteiger partial charge in [-0.25, -0.2) is 0 Å². The Morgan fingerprint density at radius 2 is 1.75 bits per heavy atom. The van der Waals surface area contributed by atoms with Gasteiger partial charge in [-0.2, -0.15) is 0 Å². The van der Waals surface area contributed by atoms with Crippen LogP contribution in [-0.2, 0) is 0 Å². The van der Waals surface area contributed by atoms with E-state index in [1.807, 2.05) is 0 Å². The largest absolute Gasteiger partial charge is 0.316 e. The van der Waals surface area contributed by atoms with E-state index in [0.717, 1.165) is 5.92 Å². The smallest absolute Gasteiger partial charge is 0.000323 e. The van der Waals surface area contributed by atoms with Crippen molar-refractivity contribution in [2.24, 2.45) is 11.3 Å². The predicted molar refractivity (Wildman–Crippen MR) is 35.8 cm³/mol. The van der Waals surface area contributed by atoms with Gasteiger partial charge in [-0.15, -0.1) is 0 Å². The van der Waals surface area contributed by atoms with Crippen LogP contribution in [-0.4, -0.2) is 13.1 Å². The lowest BCUT2D eigenvalue weighted by Crippen LogP contribution is -2.48. The lowest BCUT2D eigenvalue weighted by Gasteiger charge is -2.38. The van der Waals surface area contributed by atoms with Crippen LogP contribution in [0.5, 0.6) is 0 Å². The van der Waals surface area contributed by atoms with Gasteiger partial charge in [0, 0.05) is 0 Å². The van der Waals surface area contributed by atoms with E-state index in [-0.39, 0.29) is 0 Å². The second-order valence-electron chi connectivity index (χ2n) is 3.72. The van der Waals surface area contributed by atoms with Gasteiger partial charge in [0.1, 0.15) is 0 Å². The molecule has 0 spiro atoms. The summed E-state index contributed by atoms with van der Waals surface area (Å²) >= 11 is 0. The van der Waals surface area contributed by atoms with Crippen molar-refractivity contribution in [3.8, 4) is 0 Å². The molecule has 1 heteroatoms. The van der Waals surface area contributed by atoms with Crippen molar-refractivity contribution in [3.63, 3.8) is 0 Å². The molecule has 1 rings (SSSR count). The lowest BCUT2D eigenvalue weighted by atomic mass is 9.77. The highest BCUT2D eigenvalue weighted by atomic mass is 15.0. The Morgan fingerprint density at radius 3 is 1.75 bits per heavy atom. The Kier molecular flexibility index (Phi) is 1.31. The molecular weight excluding hydrogens is 98.1 g/mol. The van der Waals surface area contributed by atoms with Gasteiger partial charge in [0.2, 0.25) is 0 Å². The fourth-order valence-corrected chi connectivity index (χ4v) is 0.901. The Bertz CT molecular complexity index is 76.9. The van der Waals surface area contributed by atoms with Gasteiger partial charge >= 0.3 is 0 Å². The number of hydrogen-bond donors (Lipinski definition) is 1. The zero-order valence-corrected chi connectivity index (χ0v) is 5.99. The summed E-state index contributed by atoms with van der Waals surface area (Å²) in [7, 11) is 0. The molecule has 0 unspecified atom stereocenters. The summed E-state index contributed by atoms with van der Waals surface area (Å²) in [6, 6.07) is 0. The molecule has 0 bridgehead atoms. The Morgan fingerprint density at radius 1 is 1.25 bits per heavy atom. The van der Waals surface area contributed by atoms with Crippen LogP contribution in [0.3, 0.4) is 0 Å². The van der Waals surface area contributed by atoms with Crippen LogP contribution in [0.15, 0.2) is 0 Å². The molecule has 0 aliphatic carbocycles. The highest BCUT2D eigenvalue weighted by Gasteiger charge is 2.28. The minimum Gasteiger partial charge on any atom is -0.316 e. The first-order valence-electron chi connectivity index (χ1n) is 3.31. The summed E-state index contributed by atoms with van der Waals surface area (Å²) in [5.41, 5.74) is 0.533. The molecule has 0 radical (unpaired) electrons. The van der Waals surface area contributed by atoms with E-state index in [4.69, 9.17) is 0 Å². The standard InChI is InChI=1S/C7H15N/c1-7(2,3)6-4-8-5-6/h6,8H,4-5H2,1-3H3. The van der Waals surface area contributed by atoms with Gasteiger partial charge in [0.05, 0.1) is 0 Å². The maximum atomic E-state index is 3.27. The van der Waals surface area contributed by atoms with Gasteiger partial charge in [0.15, 0.2) is 0 Å². The van der Waals surface area contributed by atoms with Crippen LogP contribution in [0.1, 0.15) is 20.8 Å². The molecule has 0 aromatic rings. The van der Waals surface area contributed by atoms with Crippen molar-refractivity contribution < 1.29 is 0 Å². The molecule has 1 saturated heterocycles. The molecule has 8 heavy (non-hydrogen) atoms. The highest BCUT2D eigenvalue weighted by Crippen LogP contribution is 2.27. The molecule has 48 valence electrons. The maximum Gasteiger partial charge on any atom is -0.000323 e. The summed E-state index contributed by atoms with van der Waals surface area (Å²) in [5, 5.41) is 3.27. The van der Waals surface area contributed by atoms with Crippen LogP contribution < -0.4 is 5.32 Å². The van der Waals surface area contributed by atoms with E-state index in [2.05, 4.69) is 26.1 Å². The van der Waals surface area contributed by atoms with Crippen LogP contribution in [0.4, 0.5) is 0 Å². The molecule has 0 saturated carbocycles. The first kappa shape index (κ1) is 6.09. The van der Waals surface area contributed by atoms with Crippen molar-refractivity contribution in [2.45, 2.75) is 20.8 Å². The molecule has 1 N–H and O–H groups in total. The molecule has 0 aromatic carbocycles. The molecule has 0 atom stereocenters. The molecular formula is C7H15N. The molecule has 1 aliphatic rings. The quantitative estimate of drug-likeness (QED) is 0.498. The van der Waals surface area contributed by atoms with Crippen molar-refractivity contribution in [1.29, 1.82) is 0 Å². The first-order valence-corrected chi connectivity index (χ1v) is 3.31. The minimum atomic E-state index is 0.533. The molecule has 1 aliphatic heterocycles. The minimum absolute atomic E-state index is 0.533. The topological polar surface area (TPSA) is 12.0 Å². The predicted octanol–water partition coefficient (Wildman–Crippen LogP) is 1.25. The zero-order valence-electron chi connectivity index (χ0n) is 5.99. The van der Waals surface area contributed by atoms with E-state index < -0.39 is 0 Å². The molecule has 1 heterocycles. The third kappa shape index (κ3) is 1.03. The Balaban J connectivity index is 2.34. The fraction of sp³-hybridized carbons (Fsp3) is 1.00. The second kappa shape index (κ2) is 1.73. The average molecular weight is 113 g/mol. The second-order valence-corrected chi connectivity index (χ2v) is 3.72. The Hall–Kier alpha value is -0.0400. The molecule has 0 aromatic heterocycles. The summed E-state index contributed by atoms with van der Waals surface area (Å²) < 4.78 is 0. The van der Waals surface area contributed by atoms with Crippen molar-refractivity contribution in [2.75, 3.05) is 13.1 Å². The summed E-state index contributed by atoms with van der Waals surface area (Å²) in [6.45, 7) is 9.36. The fourth-order valence-electron chi connectivity index (χ4n) is 0.901. The number of nitrogens with one attached hydrogen (secondary N) is 1. The van der Waals surface area contributed by atoms with E-state index in [1.54, 1.807) is 0 Å². The van der Waals surface area contributed by atoms with E-state index in [9.17, 15) is 0 Å². The van der Waals surface area contributed by atoms with Crippen LogP contribution in [0.2, 0.25) is 0 Å². The summed E-state index contributed by atoms with van der Waals surface area (Å²) in [5.74, 6) is 0.919. The average Bonchev–Trinajstić information content (AvgIpc) is 1.16. The summed E-state index contributed by atoms with van der Waals surface area (Å²) in [4.78, 5) is 0. The third-order valence-corrected chi connectivity index (χ3v) is 2.01. The molecule has 1 fully saturated rings. The third-order valence-electron chi connectivity index (χ3n) is 2.01. The molecule has 1 nitrogen and oxygen atoms in total. The van der Waals surface area contributed by atoms with Gasteiger partial charge < -0.3 is 5.32 Å².